The van der Waals surface area contributed by atoms with Crippen LogP contribution in [0.15, 0.2) is 56.9 Å². The molecule has 0 spiro atoms. The molecule has 0 saturated heterocycles. The number of nitrogens with one attached hydrogen (secondary N) is 1. The molecule has 0 aliphatic heterocycles. The fourth-order valence-electron chi connectivity index (χ4n) is 3.23. The molecule has 2 heterocycles. The van der Waals surface area contributed by atoms with Crippen molar-refractivity contribution in [1.82, 2.24) is 15.2 Å². The molecule has 7 nitrogen and oxygen atoms in total. The molecule has 0 atom stereocenters. The van der Waals surface area contributed by atoms with E-state index in [1.165, 1.54) is 11.8 Å². The van der Waals surface area contributed by atoms with E-state index in [4.69, 9.17) is 13.9 Å². The van der Waals surface area contributed by atoms with E-state index in [0.717, 1.165) is 27.6 Å². The Hall–Kier alpha value is -3.26. The van der Waals surface area contributed by atoms with Gasteiger partial charge in [-0.1, -0.05) is 29.5 Å². The van der Waals surface area contributed by atoms with Crippen molar-refractivity contribution in [1.29, 1.82) is 0 Å². The number of aromatic amines is 1. The average Bonchev–Trinajstić information content (AvgIpc) is 3.19. The zero-order chi connectivity index (χ0) is 21.1. The van der Waals surface area contributed by atoms with Gasteiger partial charge in [0.05, 0.1) is 12.6 Å². The molecule has 0 fully saturated rings. The van der Waals surface area contributed by atoms with E-state index in [-0.39, 0.29) is 12.2 Å². The van der Waals surface area contributed by atoms with Gasteiger partial charge in [0.25, 0.3) is 11.1 Å². The van der Waals surface area contributed by atoms with E-state index >= 15 is 0 Å². The summed E-state index contributed by atoms with van der Waals surface area (Å²) < 4.78 is 16.5. The highest BCUT2D eigenvalue weighted by Gasteiger charge is 2.11. The van der Waals surface area contributed by atoms with Crippen LogP contribution in [-0.2, 0) is 12.4 Å². The SMILES string of the molecule is COc1cccc(OCc2nnc(SCc3cc(=O)[nH]c4c(C)cc(C)cc34)o2)c1. The van der Waals surface area contributed by atoms with Gasteiger partial charge in [0.15, 0.2) is 6.61 Å². The second-order valence-corrected chi connectivity index (χ2v) is 7.81. The fraction of sp³-hybridized carbons (Fsp3) is 0.227. The largest absolute Gasteiger partial charge is 0.497 e. The summed E-state index contributed by atoms with van der Waals surface area (Å²) in [7, 11) is 1.60. The molecule has 8 heteroatoms. The second-order valence-electron chi connectivity index (χ2n) is 6.88. The summed E-state index contributed by atoms with van der Waals surface area (Å²) in [5.41, 5.74) is 3.86. The number of rotatable bonds is 7. The van der Waals surface area contributed by atoms with E-state index in [2.05, 4.69) is 27.3 Å². The van der Waals surface area contributed by atoms with Crippen molar-refractivity contribution >= 4 is 22.7 Å². The normalized spacial score (nSPS) is 11.0. The van der Waals surface area contributed by atoms with Gasteiger partial charge in [0.2, 0.25) is 5.56 Å². The van der Waals surface area contributed by atoms with Gasteiger partial charge in [-0.15, -0.1) is 10.2 Å². The number of aryl methyl sites for hydroxylation is 2. The van der Waals surface area contributed by atoms with Crippen LogP contribution in [-0.4, -0.2) is 22.3 Å². The molecule has 154 valence electrons. The average molecular weight is 423 g/mol. The lowest BCUT2D eigenvalue weighted by Crippen LogP contribution is -2.07. The van der Waals surface area contributed by atoms with Crippen LogP contribution < -0.4 is 15.0 Å². The van der Waals surface area contributed by atoms with Crippen molar-refractivity contribution < 1.29 is 13.9 Å². The fourth-order valence-corrected chi connectivity index (χ4v) is 4.00. The topological polar surface area (TPSA) is 90.2 Å². The summed E-state index contributed by atoms with van der Waals surface area (Å²) in [4.78, 5) is 15.0. The number of fused-ring (bicyclic) bond motifs is 1. The zero-order valence-corrected chi connectivity index (χ0v) is 17.7. The summed E-state index contributed by atoms with van der Waals surface area (Å²) in [6.45, 7) is 4.20. The lowest BCUT2D eigenvalue weighted by molar-refractivity contribution is 0.251. The molecule has 0 unspecified atom stereocenters. The number of benzene rings is 2. The molecule has 0 bridgehead atoms. The summed E-state index contributed by atoms with van der Waals surface area (Å²) in [6.07, 6.45) is 0. The lowest BCUT2D eigenvalue weighted by Gasteiger charge is -2.08. The number of hydrogen-bond acceptors (Lipinski definition) is 7. The van der Waals surface area contributed by atoms with Crippen LogP contribution in [0, 0.1) is 13.8 Å². The number of methoxy groups -OCH3 is 1. The van der Waals surface area contributed by atoms with Gasteiger partial charge < -0.3 is 18.9 Å². The number of aromatic nitrogens is 3. The molecule has 0 saturated carbocycles. The van der Waals surface area contributed by atoms with Crippen LogP contribution in [0.4, 0.5) is 0 Å². The Morgan fingerprint density at radius 2 is 1.93 bits per heavy atom. The maximum atomic E-state index is 12.1. The Bertz CT molecular complexity index is 1250. The molecule has 30 heavy (non-hydrogen) atoms. The van der Waals surface area contributed by atoms with Crippen molar-refractivity contribution in [3.63, 3.8) is 0 Å². The molecule has 1 N–H and O–H groups in total. The van der Waals surface area contributed by atoms with Crippen molar-refractivity contribution in [2.75, 3.05) is 7.11 Å². The molecule has 0 radical (unpaired) electrons. The number of nitrogens with zero attached hydrogens (tertiary/aromatic N) is 2. The summed E-state index contributed by atoms with van der Waals surface area (Å²) in [6, 6.07) is 13.1. The summed E-state index contributed by atoms with van der Waals surface area (Å²) >= 11 is 1.39. The van der Waals surface area contributed by atoms with Crippen molar-refractivity contribution in [2.24, 2.45) is 0 Å². The number of H-pyrrole nitrogens is 1. The monoisotopic (exact) mass is 423 g/mol. The highest BCUT2D eigenvalue weighted by Crippen LogP contribution is 2.27. The minimum Gasteiger partial charge on any atom is -0.497 e. The predicted molar refractivity (Wildman–Crippen MR) is 115 cm³/mol. The third kappa shape index (κ3) is 4.49. The first-order chi connectivity index (χ1) is 14.5. The van der Waals surface area contributed by atoms with Crippen molar-refractivity contribution in [3.05, 3.63) is 75.4 Å². The molecular weight excluding hydrogens is 402 g/mol. The summed E-state index contributed by atoms with van der Waals surface area (Å²) in [5.74, 6) is 2.29. The lowest BCUT2D eigenvalue weighted by atomic mass is 10.0. The van der Waals surface area contributed by atoms with Crippen molar-refractivity contribution in [2.45, 2.75) is 31.4 Å². The predicted octanol–water partition coefficient (Wildman–Crippen LogP) is 4.41. The highest BCUT2D eigenvalue weighted by atomic mass is 32.2. The van der Waals surface area contributed by atoms with E-state index < -0.39 is 0 Å². The maximum absolute atomic E-state index is 12.1. The van der Waals surface area contributed by atoms with Gasteiger partial charge >= 0.3 is 0 Å². The molecule has 4 aromatic rings. The molecule has 0 amide bonds. The molecular formula is C22H21N3O4S. The van der Waals surface area contributed by atoms with Gasteiger partial charge in [0, 0.05) is 23.3 Å². The molecule has 0 aliphatic carbocycles. The number of pyridine rings is 1. The Balaban J connectivity index is 1.45. The molecule has 4 rings (SSSR count). The minimum absolute atomic E-state index is 0.122. The first-order valence-electron chi connectivity index (χ1n) is 9.37. The van der Waals surface area contributed by atoms with Crippen LogP contribution in [0.25, 0.3) is 10.9 Å². The highest BCUT2D eigenvalue weighted by molar-refractivity contribution is 7.98. The molecule has 2 aromatic carbocycles. The van der Waals surface area contributed by atoms with Gasteiger partial charge in [-0.3, -0.25) is 4.79 Å². The quantitative estimate of drug-likeness (QED) is 0.440. The Morgan fingerprint density at radius 1 is 1.10 bits per heavy atom. The smallest absolute Gasteiger partial charge is 0.277 e. The number of thioether (sulfide) groups is 1. The van der Waals surface area contributed by atoms with Gasteiger partial charge in [0.1, 0.15) is 11.5 Å². The van der Waals surface area contributed by atoms with Crippen LogP contribution in [0.5, 0.6) is 11.5 Å². The van der Waals surface area contributed by atoms with E-state index in [1.807, 2.05) is 32.0 Å². The van der Waals surface area contributed by atoms with Crippen LogP contribution in [0.2, 0.25) is 0 Å². The Kier molecular flexibility index (Phi) is 5.76. The third-order valence-corrected chi connectivity index (χ3v) is 5.45. The Morgan fingerprint density at radius 3 is 2.77 bits per heavy atom. The van der Waals surface area contributed by atoms with Crippen LogP contribution >= 0.6 is 11.8 Å². The van der Waals surface area contributed by atoms with Crippen molar-refractivity contribution in [3.8, 4) is 11.5 Å². The minimum atomic E-state index is -0.122. The van der Waals surface area contributed by atoms with Gasteiger partial charge in [-0.25, -0.2) is 0 Å². The zero-order valence-electron chi connectivity index (χ0n) is 16.9. The molecule has 0 aliphatic rings. The first kappa shape index (κ1) is 20.0. The molecule has 2 aromatic heterocycles. The third-order valence-electron chi connectivity index (χ3n) is 4.58. The van der Waals surface area contributed by atoms with E-state index in [1.54, 1.807) is 19.2 Å². The van der Waals surface area contributed by atoms with Gasteiger partial charge in [-0.2, -0.15) is 0 Å². The second kappa shape index (κ2) is 8.62. The van der Waals surface area contributed by atoms with Gasteiger partial charge in [-0.05, 0) is 43.2 Å². The number of hydrogen-bond donors (Lipinski definition) is 1. The van der Waals surface area contributed by atoms with E-state index in [0.29, 0.717) is 28.4 Å². The summed E-state index contributed by atoms with van der Waals surface area (Å²) in [5, 5.41) is 9.56. The van der Waals surface area contributed by atoms with Crippen LogP contribution in [0.3, 0.4) is 0 Å². The first-order valence-corrected chi connectivity index (χ1v) is 10.4. The Labute approximate surface area is 177 Å². The standard InChI is InChI=1S/C22H21N3O4S/c1-13-7-14(2)21-18(8-13)15(9-19(26)23-21)12-30-22-25-24-20(29-22)11-28-17-6-4-5-16(10-17)27-3/h4-10H,11-12H2,1-3H3,(H,23,26). The number of ether oxygens (including phenoxy) is 2. The maximum Gasteiger partial charge on any atom is 0.277 e. The van der Waals surface area contributed by atoms with E-state index in [9.17, 15) is 4.79 Å². The van der Waals surface area contributed by atoms with Crippen LogP contribution in [0.1, 0.15) is 22.6 Å².